The van der Waals surface area contributed by atoms with Gasteiger partial charge in [-0.1, -0.05) is 13.0 Å². The third-order valence-corrected chi connectivity index (χ3v) is 4.72. The van der Waals surface area contributed by atoms with Gasteiger partial charge in [-0.25, -0.2) is 0 Å². The predicted octanol–water partition coefficient (Wildman–Crippen LogP) is 2.72. The Morgan fingerprint density at radius 1 is 1.29 bits per heavy atom. The quantitative estimate of drug-likeness (QED) is 0.901. The van der Waals surface area contributed by atoms with Crippen LogP contribution >= 0.6 is 12.4 Å². The Hall–Kier alpha value is -1.06. The zero-order chi connectivity index (χ0) is 14.0. The van der Waals surface area contributed by atoms with E-state index in [-0.39, 0.29) is 23.7 Å². The molecule has 116 valence electrons. The first-order chi connectivity index (χ1) is 9.66. The second-order valence-electron chi connectivity index (χ2n) is 6.61. The van der Waals surface area contributed by atoms with Crippen molar-refractivity contribution in [3.8, 4) is 0 Å². The molecule has 1 aromatic carbocycles. The first-order valence-electron chi connectivity index (χ1n) is 7.77. The molecule has 1 unspecified atom stereocenters. The zero-order valence-electron chi connectivity index (χ0n) is 12.7. The Balaban J connectivity index is 0.00000161. The summed E-state index contributed by atoms with van der Waals surface area (Å²) in [6, 6.07) is 6.18. The van der Waals surface area contributed by atoms with Crippen LogP contribution in [0.3, 0.4) is 0 Å². The highest BCUT2D eigenvalue weighted by Crippen LogP contribution is 2.25. The summed E-state index contributed by atoms with van der Waals surface area (Å²) in [4.78, 5) is 12.3. The number of piperidine rings is 1. The minimum atomic E-state index is 0. The minimum Gasteiger partial charge on any atom is -0.351 e. The number of hydrogen-bond donors (Lipinski definition) is 2. The van der Waals surface area contributed by atoms with E-state index < -0.39 is 0 Å². The molecule has 1 fully saturated rings. The summed E-state index contributed by atoms with van der Waals surface area (Å²) in [5.41, 5.74) is 3.80. The van der Waals surface area contributed by atoms with Crippen LogP contribution in [0.2, 0.25) is 0 Å². The van der Waals surface area contributed by atoms with Gasteiger partial charge in [0.25, 0.3) is 5.91 Å². The third-order valence-electron chi connectivity index (χ3n) is 4.72. The van der Waals surface area contributed by atoms with Gasteiger partial charge in [-0.2, -0.15) is 0 Å². The van der Waals surface area contributed by atoms with Crippen molar-refractivity contribution in [3.05, 3.63) is 34.9 Å². The van der Waals surface area contributed by atoms with E-state index in [1.807, 2.05) is 6.07 Å². The number of amides is 1. The van der Waals surface area contributed by atoms with Gasteiger partial charge in [0.05, 0.1) is 0 Å². The standard InChI is InChI=1S/C17H24N2O.ClH/c1-17(8-3-9-18-11-17)12-19-16(20)15-7-6-13-4-2-5-14(13)10-15;/h6-7,10,18H,2-5,8-9,11-12H2,1H3,(H,19,20);1H. The van der Waals surface area contributed by atoms with E-state index in [9.17, 15) is 4.79 Å². The summed E-state index contributed by atoms with van der Waals surface area (Å²) >= 11 is 0. The first-order valence-corrected chi connectivity index (χ1v) is 7.77. The molecule has 0 aromatic heterocycles. The summed E-state index contributed by atoms with van der Waals surface area (Å²) in [7, 11) is 0. The number of benzene rings is 1. The van der Waals surface area contributed by atoms with Crippen molar-refractivity contribution in [1.82, 2.24) is 10.6 Å². The van der Waals surface area contributed by atoms with Crippen molar-refractivity contribution in [2.75, 3.05) is 19.6 Å². The summed E-state index contributed by atoms with van der Waals surface area (Å²) in [5.74, 6) is 0.0755. The lowest BCUT2D eigenvalue weighted by Gasteiger charge is -2.34. The molecule has 1 aliphatic carbocycles. The van der Waals surface area contributed by atoms with Crippen LogP contribution in [-0.4, -0.2) is 25.5 Å². The average molecular weight is 309 g/mol. The van der Waals surface area contributed by atoms with Gasteiger partial charge in [-0.3, -0.25) is 4.79 Å². The van der Waals surface area contributed by atoms with Gasteiger partial charge in [0.1, 0.15) is 0 Å². The van der Waals surface area contributed by atoms with Crippen LogP contribution in [0.1, 0.15) is 47.7 Å². The number of carbonyl (C=O) groups is 1. The Bertz CT molecular complexity index is 510. The number of fused-ring (bicyclic) bond motifs is 1. The van der Waals surface area contributed by atoms with Gasteiger partial charge in [0, 0.05) is 18.7 Å². The molecule has 1 aromatic rings. The highest BCUT2D eigenvalue weighted by molar-refractivity contribution is 5.94. The molecule has 2 N–H and O–H groups in total. The van der Waals surface area contributed by atoms with Crippen LogP contribution in [0.15, 0.2) is 18.2 Å². The summed E-state index contributed by atoms with van der Waals surface area (Å²) in [6.45, 7) is 5.11. The fraction of sp³-hybridized carbons (Fsp3) is 0.588. The lowest BCUT2D eigenvalue weighted by atomic mass is 9.83. The molecule has 3 rings (SSSR count). The predicted molar refractivity (Wildman–Crippen MR) is 88.3 cm³/mol. The molecule has 1 aliphatic heterocycles. The number of carbonyl (C=O) groups excluding carboxylic acids is 1. The number of halogens is 1. The van der Waals surface area contributed by atoms with E-state index in [0.717, 1.165) is 31.6 Å². The minimum absolute atomic E-state index is 0. The second kappa shape index (κ2) is 6.80. The molecule has 1 amide bonds. The van der Waals surface area contributed by atoms with E-state index in [1.54, 1.807) is 0 Å². The van der Waals surface area contributed by atoms with E-state index in [0.29, 0.717) is 0 Å². The lowest BCUT2D eigenvalue weighted by Crippen LogP contribution is -2.45. The molecule has 0 spiro atoms. The molecule has 0 saturated carbocycles. The molecule has 3 nitrogen and oxygen atoms in total. The number of hydrogen-bond acceptors (Lipinski definition) is 2. The van der Waals surface area contributed by atoms with Gasteiger partial charge in [-0.15, -0.1) is 12.4 Å². The fourth-order valence-electron chi connectivity index (χ4n) is 3.38. The molecule has 1 saturated heterocycles. The van der Waals surface area contributed by atoms with Gasteiger partial charge in [-0.05, 0) is 67.3 Å². The van der Waals surface area contributed by atoms with Crippen LogP contribution < -0.4 is 10.6 Å². The topological polar surface area (TPSA) is 41.1 Å². The molecule has 0 radical (unpaired) electrons. The van der Waals surface area contributed by atoms with E-state index in [4.69, 9.17) is 0 Å². The highest BCUT2D eigenvalue weighted by atomic mass is 35.5. The van der Waals surface area contributed by atoms with E-state index in [1.165, 1.54) is 36.8 Å². The van der Waals surface area contributed by atoms with Gasteiger partial charge in [0.15, 0.2) is 0 Å². The van der Waals surface area contributed by atoms with Crippen molar-refractivity contribution < 1.29 is 4.79 Å². The summed E-state index contributed by atoms with van der Waals surface area (Å²) < 4.78 is 0. The second-order valence-corrected chi connectivity index (χ2v) is 6.61. The van der Waals surface area contributed by atoms with Crippen LogP contribution in [0.4, 0.5) is 0 Å². The Morgan fingerprint density at radius 3 is 2.86 bits per heavy atom. The third kappa shape index (κ3) is 3.78. The zero-order valence-corrected chi connectivity index (χ0v) is 13.5. The molecule has 0 bridgehead atoms. The van der Waals surface area contributed by atoms with E-state index in [2.05, 4.69) is 29.7 Å². The SMILES string of the molecule is CC1(CNC(=O)c2ccc3c(c2)CCC3)CCCNC1.Cl. The molecular formula is C17H25ClN2O. The van der Waals surface area contributed by atoms with Crippen molar-refractivity contribution in [2.24, 2.45) is 5.41 Å². The Morgan fingerprint density at radius 2 is 2.10 bits per heavy atom. The van der Waals surface area contributed by atoms with Gasteiger partial charge >= 0.3 is 0 Å². The smallest absolute Gasteiger partial charge is 0.251 e. The number of nitrogens with one attached hydrogen (secondary N) is 2. The monoisotopic (exact) mass is 308 g/mol. The van der Waals surface area contributed by atoms with Crippen LogP contribution in [0, 0.1) is 5.41 Å². The maximum Gasteiger partial charge on any atom is 0.251 e. The van der Waals surface area contributed by atoms with Crippen LogP contribution in [0.5, 0.6) is 0 Å². The van der Waals surface area contributed by atoms with Gasteiger partial charge < -0.3 is 10.6 Å². The van der Waals surface area contributed by atoms with Crippen molar-refractivity contribution >= 4 is 18.3 Å². The summed E-state index contributed by atoms with van der Waals surface area (Å²) in [5, 5.41) is 6.54. The first kappa shape index (κ1) is 16.3. The Labute approximate surface area is 133 Å². The van der Waals surface area contributed by atoms with Crippen molar-refractivity contribution in [1.29, 1.82) is 0 Å². The van der Waals surface area contributed by atoms with Crippen LogP contribution in [-0.2, 0) is 12.8 Å². The normalized spacial score (nSPS) is 24.0. The fourth-order valence-corrected chi connectivity index (χ4v) is 3.38. The average Bonchev–Trinajstić information content (AvgIpc) is 2.93. The largest absolute Gasteiger partial charge is 0.351 e. The molecule has 1 atom stereocenters. The highest BCUT2D eigenvalue weighted by Gasteiger charge is 2.27. The number of aryl methyl sites for hydroxylation is 2. The van der Waals surface area contributed by atoms with Crippen LogP contribution in [0.25, 0.3) is 0 Å². The summed E-state index contributed by atoms with van der Waals surface area (Å²) in [6.07, 6.45) is 5.90. The van der Waals surface area contributed by atoms with Gasteiger partial charge in [0.2, 0.25) is 0 Å². The maximum absolute atomic E-state index is 12.3. The lowest BCUT2D eigenvalue weighted by molar-refractivity contribution is 0.0924. The van der Waals surface area contributed by atoms with Crippen molar-refractivity contribution in [2.45, 2.75) is 39.0 Å². The molecule has 4 heteroatoms. The molecule has 2 aliphatic rings. The Kier molecular flexibility index (Phi) is 5.28. The molecule has 21 heavy (non-hydrogen) atoms. The number of rotatable bonds is 3. The molecule has 1 heterocycles. The van der Waals surface area contributed by atoms with E-state index >= 15 is 0 Å². The maximum atomic E-state index is 12.3. The van der Waals surface area contributed by atoms with Crippen molar-refractivity contribution in [3.63, 3.8) is 0 Å². The molecular weight excluding hydrogens is 284 g/mol.